The molecule has 0 N–H and O–H groups in total. The van der Waals surface area contributed by atoms with Crippen LogP contribution < -0.4 is 0 Å². The molecule has 0 aromatic carbocycles. The maximum absolute atomic E-state index is 3.96. The minimum Gasteiger partial charge on any atom is -0.103 e. The maximum Gasteiger partial charge on any atom is -0.0325 e. The van der Waals surface area contributed by atoms with Crippen LogP contribution in [-0.4, -0.2) is 0 Å². The molecular formula is C11H19. The second-order valence-corrected chi connectivity index (χ2v) is 3.70. The Labute approximate surface area is 70.7 Å². The van der Waals surface area contributed by atoms with Gasteiger partial charge in [0.05, 0.1) is 0 Å². The Hall–Kier alpha value is -0.260. The summed E-state index contributed by atoms with van der Waals surface area (Å²) in [6, 6.07) is 0. The van der Waals surface area contributed by atoms with Gasteiger partial charge in [0.25, 0.3) is 0 Å². The molecule has 1 aliphatic carbocycles. The minimum absolute atomic E-state index is 0.927. The lowest BCUT2D eigenvalue weighted by molar-refractivity contribution is 0.277. The fourth-order valence-corrected chi connectivity index (χ4v) is 1.99. The van der Waals surface area contributed by atoms with E-state index in [9.17, 15) is 0 Å². The molecule has 0 aromatic heterocycles. The quantitative estimate of drug-likeness (QED) is 0.541. The van der Waals surface area contributed by atoms with Gasteiger partial charge in [0.1, 0.15) is 0 Å². The third-order valence-corrected chi connectivity index (χ3v) is 2.87. The summed E-state index contributed by atoms with van der Waals surface area (Å²) in [5.74, 6) is 1.87. The normalized spacial score (nSPS) is 31.7. The summed E-state index contributed by atoms with van der Waals surface area (Å²) in [6.45, 7) is 7.74. The van der Waals surface area contributed by atoms with Crippen molar-refractivity contribution in [1.82, 2.24) is 0 Å². The molecule has 0 unspecified atom stereocenters. The fraction of sp³-hybridized carbons (Fsp3) is 0.727. The number of rotatable bonds is 3. The summed E-state index contributed by atoms with van der Waals surface area (Å²) in [6.07, 6.45) is 10.1. The van der Waals surface area contributed by atoms with Gasteiger partial charge in [0.2, 0.25) is 0 Å². The van der Waals surface area contributed by atoms with Gasteiger partial charge in [0, 0.05) is 0 Å². The van der Waals surface area contributed by atoms with E-state index in [1.54, 1.807) is 0 Å². The highest BCUT2D eigenvalue weighted by molar-refractivity contribution is 4.78. The van der Waals surface area contributed by atoms with Crippen molar-refractivity contribution in [2.45, 2.75) is 38.5 Å². The predicted molar refractivity (Wildman–Crippen MR) is 50.2 cm³/mol. The van der Waals surface area contributed by atoms with Crippen molar-refractivity contribution in [2.75, 3.05) is 0 Å². The van der Waals surface area contributed by atoms with E-state index in [0.29, 0.717) is 0 Å². The average molecular weight is 151 g/mol. The summed E-state index contributed by atoms with van der Waals surface area (Å²) < 4.78 is 0. The molecule has 0 nitrogen and oxygen atoms in total. The zero-order valence-electron chi connectivity index (χ0n) is 7.39. The van der Waals surface area contributed by atoms with Crippen molar-refractivity contribution in [3.8, 4) is 0 Å². The number of hydrogen-bond donors (Lipinski definition) is 0. The standard InChI is InChI=1S/C11H19/c1-3-5-11-8-6-10(4-2)7-9-11/h3,10-11H,1-2,4-9H2/t10-,11-. The van der Waals surface area contributed by atoms with Gasteiger partial charge in [-0.3, -0.25) is 0 Å². The molecule has 0 heteroatoms. The zero-order chi connectivity index (χ0) is 8.10. The van der Waals surface area contributed by atoms with Crippen LogP contribution >= 0.6 is 0 Å². The molecular weight excluding hydrogens is 132 g/mol. The molecule has 63 valence electrons. The van der Waals surface area contributed by atoms with E-state index in [2.05, 4.69) is 19.6 Å². The summed E-state index contributed by atoms with van der Waals surface area (Å²) in [5.41, 5.74) is 0. The second kappa shape index (κ2) is 4.58. The van der Waals surface area contributed by atoms with Crippen LogP contribution in [0.4, 0.5) is 0 Å². The highest BCUT2D eigenvalue weighted by Gasteiger charge is 2.18. The van der Waals surface area contributed by atoms with Crippen LogP contribution in [0.1, 0.15) is 38.5 Å². The van der Waals surface area contributed by atoms with Gasteiger partial charge >= 0.3 is 0 Å². The maximum atomic E-state index is 3.96. The Bertz CT molecular complexity index is 107. The first-order chi connectivity index (χ1) is 5.36. The average Bonchev–Trinajstić information content (AvgIpc) is 2.07. The van der Waals surface area contributed by atoms with E-state index in [-0.39, 0.29) is 0 Å². The molecule has 11 heavy (non-hydrogen) atoms. The lowest BCUT2D eigenvalue weighted by atomic mass is 9.79. The molecule has 1 aliphatic rings. The molecule has 1 saturated carbocycles. The van der Waals surface area contributed by atoms with Crippen molar-refractivity contribution >= 4 is 0 Å². The predicted octanol–water partition coefficient (Wildman–Crippen LogP) is 3.59. The molecule has 0 heterocycles. The first-order valence-corrected chi connectivity index (χ1v) is 4.77. The molecule has 0 bridgehead atoms. The lowest BCUT2D eigenvalue weighted by Gasteiger charge is -2.26. The summed E-state index contributed by atoms with van der Waals surface area (Å²) in [4.78, 5) is 0. The van der Waals surface area contributed by atoms with Gasteiger partial charge in [0.15, 0.2) is 0 Å². The Kier molecular flexibility index (Phi) is 3.68. The van der Waals surface area contributed by atoms with E-state index in [4.69, 9.17) is 0 Å². The number of hydrogen-bond acceptors (Lipinski definition) is 0. The van der Waals surface area contributed by atoms with Gasteiger partial charge in [-0.05, 0) is 31.1 Å². The van der Waals surface area contributed by atoms with E-state index in [0.717, 1.165) is 18.3 Å². The Balaban J connectivity index is 2.18. The summed E-state index contributed by atoms with van der Waals surface area (Å²) in [5, 5.41) is 0. The van der Waals surface area contributed by atoms with Crippen molar-refractivity contribution in [3.63, 3.8) is 0 Å². The molecule has 1 fully saturated rings. The topological polar surface area (TPSA) is 0 Å². The second-order valence-electron chi connectivity index (χ2n) is 3.70. The Morgan fingerprint density at radius 2 is 1.64 bits per heavy atom. The van der Waals surface area contributed by atoms with Crippen LogP contribution in [0.2, 0.25) is 0 Å². The first kappa shape index (κ1) is 8.83. The monoisotopic (exact) mass is 151 g/mol. The summed E-state index contributed by atoms with van der Waals surface area (Å²) in [7, 11) is 0. The van der Waals surface area contributed by atoms with E-state index in [1.165, 1.54) is 32.1 Å². The fourth-order valence-electron chi connectivity index (χ4n) is 1.99. The van der Waals surface area contributed by atoms with Crippen LogP contribution in [0, 0.1) is 18.8 Å². The molecule has 0 atom stereocenters. The van der Waals surface area contributed by atoms with Crippen LogP contribution in [0.3, 0.4) is 0 Å². The van der Waals surface area contributed by atoms with E-state index < -0.39 is 0 Å². The SMILES string of the molecule is [CH2]C[C@H]1CC[C@H](CC=C)CC1. The first-order valence-electron chi connectivity index (χ1n) is 4.77. The van der Waals surface area contributed by atoms with Crippen LogP contribution in [-0.2, 0) is 0 Å². The molecule has 1 radical (unpaired) electrons. The summed E-state index contributed by atoms with van der Waals surface area (Å²) >= 11 is 0. The van der Waals surface area contributed by atoms with Crippen molar-refractivity contribution in [3.05, 3.63) is 19.6 Å². The Morgan fingerprint density at radius 3 is 2.09 bits per heavy atom. The van der Waals surface area contributed by atoms with Gasteiger partial charge in [-0.2, -0.15) is 0 Å². The zero-order valence-corrected chi connectivity index (χ0v) is 7.39. The smallest absolute Gasteiger partial charge is 0.0325 e. The van der Waals surface area contributed by atoms with Crippen LogP contribution in [0.25, 0.3) is 0 Å². The molecule has 0 aliphatic heterocycles. The van der Waals surface area contributed by atoms with Crippen molar-refractivity contribution in [1.29, 1.82) is 0 Å². The van der Waals surface area contributed by atoms with E-state index >= 15 is 0 Å². The highest BCUT2D eigenvalue weighted by Crippen LogP contribution is 2.32. The Morgan fingerprint density at radius 1 is 1.09 bits per heavy atom. The molecule has 0 saturated heterocycles. The third kappa shape index (κ3) is 2.69. The molecule has 0 aromatic rings. The van der Waals surface area contributed by atoms with Gasteiger partial charge in [-0.15, -0.1) is 6.58 Å². The van der Waals surface area contributed by atoms with E-state index in [1.807, 2.05) is 0 Å². The van der Waals surface area contributed by atoms with Crippen LogP contribution in [0.5, 0.6) is 0 Å². The van der Waals surface area contributed by atoms with Gasteiger partial charge in [-0.25, -0.2) is 0 Å². The van der Waals surface area contributed by atoms with Gasteiger partial charge in [-0.1, -0.05) is 32.3 Å². The largest absolute Gasteiger partial charge is 0.103 e. The van der Waals surface area contributed by atoms with Gasteiger partial charge < -0.3 is 0 Å². The molecule has 0 spiro atoms. The lowest BCUT2D eigenvalue weighted by Crippen LogP contribution is -2.13. The van der Waals surface area contributed by atoms with Crippen molar-refractivity contribution < 1.29 is 0 Å². The molecule has 1 rings (SSSR count). The van der Waals surface area contributed by atoms with Crippen LogP contribution in [0.15, 0.2) is 12.7 Å². The number of allylic oxidation sites excluding steroid dienone is 1. The minimum atomic E-state index is 0.927. The highest BCUT2D eigenvalue weighted by atomic mass is 14.2. The third-order valence-electron chi connectivity index (χ3n) is 2.87. The molecule has 0 amide bonds. The van der Waals surface area contributed by atoms with Crippen molar-refractivity contribution in [2.24, 2.45) is 11.8 Å².